The predicted octanol–water partition coefficient (Wildman–Crippen LogP) is 5.87. The molecule has 10 nitrogen and oxygen atoms in total. The number of piperazine rings is 1. The van der Waals surface area contributed by atoms with Gasteiger partial charge in [0.15, 0.2) is 0 Å². The summed E-state index contributed by atoms with van der Waals surface area (Å²) in [6.45, 7) is 18.0. The molecule has 10 heteroatoms. The first-order valence-corrected chi connectivity index (χ1v) is 16.4. The highest BCUT2D eigenvalue weighted by molar-refractivity contribution is 5.83. The molecule has 0 bridgehead atoms. The molecule has 0 spiro atoms. The zero-order valence-electron chi connectivity index (χ0n) is 27.4. The molecule has 5 aromatic rings. The number of aromatic nitrogens is 6. The van der Waals surface area contributed by atoms with Crippen LogP contribution in [0.2, 0.25) is 0 Å². The van der Waals surface area contributed by atoms with Gasteiger partial charge in [-0.15, -0.1) is 5.10 Å². The van der Waals surface area contributed by atoms with E-state index in [4.69, 9.17) is 14.2 Å². The summed E-state index contributed by atoms with van der Waals surface area (Å²) in [7, 11) is 0. The molecule has 2 aromatic carbocycles. The van der Waals surface area contributed by atoms with E-state index in [2.05, 4.69) is 99.3 Å². The van der Waals surface area contributed by atoms with E-state index >= 15 is 0 Å². The minimum absolute atomic E-state index is 0.334. The summed E-state index contributed by atoms with van der Waals surface area (Å²) in [6, 6.07) is 15.4. The van der Waals surface area contributed by atoms with Crippen molar-refractivity contribution < 1.29 is 9.26 Å². The fourth-order valence-corrected chi connectivity index (χ4v) is 6.18. The van der Waals surface area contributed by atoms with Crippen LogP contribution in [0, 0.1) is 13.8 Å². The Balaban J connectivity index is 1.15. The number of benzene rings is 2. The molecule has 1 saturated heterocycles. The number of hydrogen-bond donors (Lipinski definition) is 0. The smallest absolute Gasteiger partial charge is 0.141 e. The van der Waals surface area contributed by atoms with Gasteiger partial charge in [-0.05, 0) is 75.9 Å². The van der Waals surface area contributed by atoms with Crippen LogP contribution < -0.4 is 4.74 Å². The zero-order valence-corrected chi connectivity index (χ0v) is 27.4. The van der Waals surface area contributed by atoms with Crippen LogP contribution in [0.5, 0.6) is 5.75 Å². The molecule has 1 aliphatic rings. The van der Waals surface area contributed by atoms with Crippen molar-refractivity contribution in [3.8, 4) is 16.9 Å². The number of ether oxygens (including phenoxy) is 1. The minimum atomic E-state index is 0.334. The molecule has 4 heterocycles. The van der Waals surface area contributed by atoms with Gasteiger partial charge in [-0.1, -0.05) is 35.5 Å². The second-order valence-electron chi connectivity index (χ2n) is 12.5. The minimum Gasteiger partial charge on any atom is -0.494 e. The van der Waals surface area contributed by atoms with Crippen molar-refractivity contribution in [2.24, 2.45) is 0 Å². The molecule has 0 unspecified atom stereocenters. The van der Waals surface area contributed by atoms with Crippen LogP contribution >= 0.6 is 0 Å². The fourth-order valence-electron chi connectivity index (χ4n) is 6.18. The first-order valence-electron chi connectivity index (χ1n) is 16.4. The Morgan fingerprint density at radius 1 is 0.933 bits per heavy atom. The summed E-state index contributed by atoms with van der Waals surface area (Å²) >= 11 is 0. The van der Waals surface area contributed by atoms with Crippen molar-refractivity contribution >= 4 is 11.0 Å². The van der Waals surface area contributed by atoms with Gasteiger partial charge in [-0.2, -0.15) is 0 Å². The van der Waals surface area contributed by atoms with Crippen molar-refractivity contribution in [1.29, 1.82) is 0 Å². The van der Waals surface area contributed by atoms with Crippen molar-refractivity contribution in [2.45, 2.75) is 73.0 Å². The summed E-state index contributed by atoms with van der Waals surface area (Å²) in [6.07, 6.45) is 4.88. The molecule has 1 aliphatic heterocycles. The van der Waals surface area contributed by atoms with Crippen molar-refractivity contribution in [1.82, 2.24) is 39.5 Å². The molecule has 0 amide bonds. The Morgan fingerprint density at radius 2 is 1.71 bits per heavy atom. The van der Waals surface area contributed by atoms with E-state index in [0.29, 0.717) is 6.04 Å². The SMILES string of the molecule is CCCOc1ccc(CCc2nc3cc(-c4c(C)noc4C)ccc3n2CCN2CCN(Cc3cn(C(C)C)nn3)CC2)cc1. The Morgan fingerprint density at radius 3 is 2.40 bits per heavy atom. The number of imidazole rings is 1. The van der Waals surface area contributed by atoms with Crippen molar-refractivity contribution in [3.63, 3.8) is 0 Å². The van der Waals surface area contributed by atoms with E-state index < -0.39 is 0 Å². The summed E-state index contributed by atoms with van der Waals surface area (Å²) < 4.78 is 15.6. The van der Waals surface area contributed by atoms with E-state index in [9.17, 15) is 0 Å². The maximum Gasteiger partial charge on any atom is 0.141 e. The maximum absolute atomic E-state index is 5.78. The molecule has 3 aromatic heterocycles. The van der Waals surface area contributed by atoms with Gasteiger partial charge < -0.3 is 13.8 Å². The van der Waals surface area contributed by atoms with Crippen LogP contribution in [0.15, 0.2) is 53.2 Å². The van der Waals surface area contributed by atoms with E-state index in [1.54, 1.807) is 0 Å². The number of hydrogen-bond acceptors (Lipinski definition) is 8. The third-order valence-corrected chi connectivity index (χ3v) is 8.76. The number of fused-ring (bicyclic) bond motifs is 1. The number of nitrogens with zero attached hydrogens (tertiary/aromatic N) is 8. The van der Waals surface area contributed by atoms with E-state index in [-0.39, 0.29) is 0 Å². The van der Waals surface area contributed by atoms with Gasteiger partial charge in [0.05, 0.1) is 35.2 Å². The summed E-state index contributed by atoms with van der Waals surface area (Å²) in [4.78, 5) is 10.3. The molecular weight excluding hydrogens is 564 g/mol. The molecule has 0 atom stereocenters. The fraction of sp³-hybridized carbons (Fsp3) is 0.486. The molecule has 45 heavy (non-hydrogen) atoms. The van der Waals surface area contributed by atoms with Crippen molar-refractivity contribution in [3.05, 3.63) is 77.2 Å². The topological polar surface area (TPSA) is 90.3 Å². The quantitative estimate of drug-likeness (QED) is 0.164. The number of aryl methyl sites for hydroxylation is 4. The Hall–Kier alpha value is -4.02. The summed E-state index contributed by atoms with van der Waals surface area (Å²) in [5, 5.41) is 12.8. The highest BCUT2D eigenvalue weighted by Crippen LogP contribution is 2.30. The van der Waals surface area contributed by atoms with Gasteiger partial charge in [0.1, 0.15) is 17.3 Å². The summed E-state index contributed by atoms with van der Waals surface area (Å²) in [5.74, 6) is 2.89. The first-order chi connectivity index (χ1) is 21.9. The van der Waals surface area contributed by atoms with Gasteiger partial charge in [0.2, 0.25) is 0 Å². The summed E-state index contributed by atoms with van der Waals surface area (Å²) in [5.41, 5.74) is 7.59. The van der Waals surface area contributed by atoms with E-state index in [1.165, 1.54) is 11.1 Å². The third-order valence-electron chi connectivity index (χ3n) is 8.76. The van der Waals surface area contributed by atoms with Crippen LogP contribution in [0.4, 0.5) is 0 Å². The largest absolute Gasteiger partial charge is 0.494 e. The average Bonchev–Trinajstić information content (AvgIpc) is 3.75. The second kappa shape index (κ2) is 14.0. The van der Waals surface area contributed by atoms with Gasteiger partial charge in [-0.25, -0.2) is 9.67 Å². The molecule has 6 rings (SSSR count). The van der Waals surface area contributed by atoms with Crippen LogP contribution in [0.1, 0.15) is 61.8 Å². The molecular formula is C35H46N8O2. The Labute approximate surface area is 266 Å². The monoisotopic (exact) mass is 610 g/mol. The molecule has 0 radical (unpaired) electrons. The predicted molar refractivity (Wildman–Crippen MR) is 176 cm³/mol. The second-order valence-corrected chi connectivity index (χ2v) is 12.5. The lowest BCUT2D eigenvalue weighted by Gasteiger charge is -2.34. The van der Waals surface area contributed by atoms with Gasteiger partial charge in [-0.3, -0.25) is 9.80 Å². The van der Waals surface area contributed by atoms with Gasteiger partial charge in [0.25, 0.3) is 0 Å². The highest BCUT2D eigenvalue weighted by atomic mass is 16.5. The van der Waals surface area contributed by atoms with Crippen LogP contribution in [0.25, 0.3) is 22.2 Å². The third kappa shape index (κ3) is 7.28. The lowest BCUT2D eigenvalue weighted by atomic mass is 10.0. The lowest BCUT2D eigenvalue weighted by Crippen LogP contribution is -2.46. The lowest BCUT2D eigenvalue weighted by molar-refractivity contribution is 0.123. The highest BCUT2D eigenvalue weighted by Gasteiger charge is 2.20. The van der Waals surface area contributed by atoms with E-state index in [1.807, 2.05) is 18.5 Å². The Bertz CT molecular complexity index is 1670. The van der Waals surface area contributed by atoms with Gasteiger partial charge >= 0.3 is 0 Å². The maximum atomic E-state index is 5.78. The average molecular weight is 611 g/mol. The van der Waals surface area contributed by atoms with Crippen molar-refractivity contribution in [2.75, 3.05) is 39.3 Å². The molecule has 1 fully saturated rings. The molecule has 0 aliphatic carbocycles. The Kier molecular flexibility index (Phi) is 9.61. The normalized spacial score (nSPS) is 14.6. The van der Waals surface area contributed by atoms with Crippen LogP contribution in [0.3, 0.4) is 0 Å². The van der Waals surface area contributed by atoms with E-state index in [0.717, 1.165) is 117 Å². The standard InChI is InChI=1S/C35H46N8O2/c1-6-21-44-31-11-7-28(8-12-31)9-14-34-36-32-22-29(35-26(4)38-45-27(35)5)10-13-33(32)42(34)20-19-40-15-17-41(18-16-40)23-30-24-43(25(2)3)39-37-30/h7-8,10-13,22,24-25H,6,9,14-21,23H2,1-5H3. The molecule has 0 N–H and O–H groups in total. The zero-order chi connectivity index (χ0) is 31.3. The van der Waals surface area contributed by atoms with Gasteiger partial charge in [0, 0.05) is 63.8 Å². The first kappa shape index (κ1) is 31.0. The molecule has 0 saturated carbocycles. The number of rotatable bonds is 13. The molecule has 238 valence electrons. The van der Waals surface area contributed by atoms with Crippen LogP contribution in [-0.4, -0.2) is 78.8 Å². The van der Waals surface area contributed by atoms with Crippen LogP contribution in [-0.2, 0) is 25.9 Å².